The molecule has 4 rings (SSSR count). The average Bonchev–Trinajstić information content (AvgIpc) is 3.07. The highest BCUT2D eigenvalue weighted by Gasteiger charge is 2.37. The number of aryl methyl sites for hydroxylation is 1. The van der Waals surface area contributed by atoms with Gasteiger partial charge in [-0.1, -0.05) is 42.0 Å². The van der Waals surface area contributed by atoms with Crippen LogP contribution >= 0.6 is 0 Å². The Morgan fingerprint density at radius 2 is 1.73 bits per heavy atom. The molecule has 26 heavy (non-hydrogen) atoms. The third-order valence-electron chi connectivity index (χ3n) is 5.59. The molecule has 1 unspecified atom stereocenters. The third kappa shape index (κ3) is 3.71. The van der Waals surface area contributed by atoms with E-state index in [9.17, 15) is 0 Å². The van der Waals surface area contributed by atoms with Crippen molar-refractivity contribution in [3.8, 4) is 11.5 Å². The Balaban J connectivity index is 1.33. The van der Waals surface area contributed by atoms with Crippen molar-refractivity contribution in [1.29, 1.82) is 0 Å². The lowest BCUT2D eigenvalue weighted by Gasteiger charge is -2.37. The number of likely N-dealkylation sites (N-methyl/N-ethyl adjacent to an activating group) is 1. The van der Waals surface area contributed by atoms with E-state index in [0.29, 0.717) is 5.92 Å². The molecule has 0 amide bonds. The number of hydrogen-bond acceptors (Lipinski definition) is 4. The predicted octanol–water partition coefficient (Wildman–Crippen LogP) is 3.59. The fraction of sp³-hybridized carbons (Fsp3) is 0.455. The van der Waals surface area contributed by atoms with Gasteiger partial charge in [-0.15, -0.1) is 0 Å². The van der Waals surface area contributed by atoms with E-state index in [1.165, 1.54) is 11.1 Å². The van der Waals surface area contributed by atoms with Crippen LogP contribution in [0.5, 0.6) is 11.5 Å². The normalized spacial score (nSPS) is 19.6. The Labute approximate surface area is 156 Å². The lowest BCUT2D eigenvalue weighted by molar-refractivity contribution is -0.0145. The van der Waals surface area contributed by atoms with Crippen LogP contribution in [-0.4, -0.2) is 37.4 Å². The van der Waals surface area contributed by atoms with Crippen LogP contribution < -0.4 is 14.8 Å². The standard InChI is InChI=1S/C22H28N2O2/c1-16-6-5-7-17(14-16)15-24-12-10-18(11-13-24)21(23-2)22-25-19-8-3-4-9-20(19)26-22/h3-9,14,18,21-23H,10-13,15H2,1-2H3. The minimum absolute atomic E-state index is 0.212. The van der Waals surface area contributed by atoms with Crippen molar-refractivity contribution >= 4 is 0 Å². The quantitative estimate of drug-likeness (QED) is 0.892. The molecule has 0 bridgehead atoms. The van der Waals surface area contributed by atoms with Crippen molar-refractivity contribution in [2.24, 2.45) is 5.92 Å². The fourth-order valence-corrected chi connectivity index (χ4v) is 4.20. The van der Waals surface area contributed by atoms with Gasteiger partial charge >= 0.3 is 0 Å². The fourth-order valence-electron chi connectivity index (χ4n) is 4.20. The van der Waals surface area contributed by atoms with Gasteiger partial charge in [-0.2, -0.15) is 0 Å². The van der Waals surface area contributed by atoms with Crippen LogP contribution in [0.15, 0.2) is 48.5 Å². The molecular weight excluding hydrogens is 324 g/mol. The average molecular weight is 352 g/mol. The summed E-state index contributed by atoms with van der Waals surface area (Å²) in [5.74, 6) is 2.28. The largest absolute Gasteiger partial charge is 0.449 e. The van der Waals surface area contributed by atoms with Gasteiger partial charge in [0.25, 0.3) is 6.29 Å². The Morgan fingerprint density at radius 3 is 2.35 bits per heavy atom. The van der Waals surface area contributed by atoms with Crippen LogP contribution in [-0.2, 0) is 6.54 Å². The zero-order chi connectivity index (χ0) is 17.9. The summed E-state index contributed by atoms with van der Waals surface area (Å²) in [5, 5.41) is 3.45. The van der Waals surface area contributed by atoms with Crippen LogP contribution in [0.4, 0.5) is 0 Å². The van der Waals surface area contributed by atoms with E-state index >= 15 is 0 Å². The van der Waals surface area contributed by atoms with Gasteiger partial charge in [0.2, 0.25) is 0 Å². The highest BCUT2D eigenvalue weighted by Crippen LogP contribution is 2.37. The highest BCUT2D eigenvalue weighted by molar-refractivity contribution is 5.42. The van der Waals surface area contributed by atoms with Gasteiger partial charge in [-0.05, 0) is 63.5 Å². The lowest BCUT2D eigenvalue weighted by Crippen LogP contribution is -2.51. The molecule has 0 saturated carbocycles. The molecule has 1 fully saturated rings. The summed E-state index contributed by atoms with van der Waals surface area (Å²) in [6.45, 7) is 5.44. The van der Waals surface area contributed by atoms with Crippen molar-refractivity contribution in [3.05, 3.63) is 59.7 Å². The zero-order valence-electron chi connectivity index (χ0n) is 15.7. The van der Waals surface area contributed by atoms with Crippen LogP contribution in [0.1, 0.15) is 24.0 Å². The number of fused-ring (bicyclic) bond motifs is 1. The Bertz CT molecular complexity index is 715. The SMILES string of the molecule is CNC(C1CCN(Cc2cccc(C)c2)CC1)C1Oc2ccccc2O1. The molecule has 0 aliphatic carbocycles. The first kappa shape index (κ1) is 17.4. The van der Waals surface area contributed by atoms with Gasteiger partial charge in [0.15, 0.2) is 11.5 Å². The number of para-hydroxylation sites is 2. The van der Waals surface area contributed by atoms with Crippen molar-refractivity contribution in [2.75, 3.05) is 20.1 Å². The Kier molecular flexibility index (Phi) is 5.14. The van der Waals surface area contributed by atoms with Crippen molar-refractivity contribution in [3.63, 3.8) is 0 Å². The number of ether oxygens (including phenoxy) is 2. The topological polar surface area (TPSA) is 33.7 Å². The van der Waals surface area contributed by atoms with Crippen molar-refractivity contribution < 1.29 is 9.47 Å². The van der Waals surface area contributed by atoms with Gasteiger partial charge in [0.05, 0.1) is 6.04 Å². The van der Waals surface area contributed by atoms with Gasteiger partial charge in [0.1, 0.15) is 0 Å². The second-order valence-corrected chi connectivity index (χ2v) is 7.47. The molecule has 2 aliphatic rings. The van der Waals surface area contributed by atoms with Gasteiger partial charge in [-0.25, -0.2) is 0 Å². The zero-order valence-corrected chi connectivity index (χ0v) is 15.7. The van der Waals surface area contributed by atoms with Crippen molar-refractivity contribution in [2.45, 2.75) is 38.6 Å². The van der Waals surface area contributed by atoms with E-state index in [4.69, 9.17) is 9.47 Å². The van der Waals surface area contributed by atoms with Crippen LogP contribution in [0, 0.1) is 12.8 Å². The van der Waals surface area contributed by atoms with Crippen molar-refractivity contribution in [1.82, 2.24) is 10.2 Å². The van der Waals surface area contributed by atoms with E-state index in [1.54, 1.807) is 0 Å². The van der Waals surface area contributed by atoms with E-state index in [1.807, 2.05) is 31.3 Å². The first-order valence-corrected chi connectivity index (χ1v) is 9.60. The smallest absolute Gasteiger partial charge is 0.256 e. The van der Waals surface area contributed by atoms with Crippen LogP contribution in [0.3, 0.4) is 0 Å². The number of piperidine rings is 1. The third-order valence-corrected chi connectivity index (χ3v) is 5.59. The molecule has 4 heteroatoms. The molecule has 1 atom stereocenters. The maximum atomic E-state index is 6.05. The van der Waals surface area contributed by atoms with Gasteiger partial charge in [0, 0.05) is 6.54 Å². The number of rotatable bonds is 5. The van der Waals surface area contributed by atoms with Crippen LogP contribution in [0.25, 0.3) is 0 Å². The maximum Gasteiger partial charge on any atom is 0.256 e. The highest BCUT2D eigenvalue weighted by atomic mass is 16.7. The van der Waals surface area contributed by atoms with Gasteiger partial charge in [-0.3, -0.25) is 4.90 Å². The summed E-state index contributed by atoms with van der Waals surface area (Å²) in [5.41, 5.74) is 2.74. The molecule has 1 saturated heterocycles. The Morgan fingerprint density at radius 1 is 1.04 bits per heavy atom. The minimum Gasteiger partial charge on any atom is -0.449 e. The molecule has 4 nitrogen and oxygen atoms in total. The van der Waals surface area contributed by atoms with E-state index < -0.39 is 0 Å². The summed E-state index contributed by atoms with van der Waals surface area (Å²) in [6.07, 6.45) is 2.10. The molecule has 138 valence electrons. The number of hydrogen-bond donors (Lipinski definition) is 1. The molecule has 2 aliphatic heterocycles. The summed E-state index contributed by atoms with van der Waals surface area (Å²) in [7, 11) is 2.01. The number of nitrogens with zero attached hydrogens (tertiary/aromatic N) is 1. The number of benzene rings is 2. The molecule has 0 aromatic heterocycles. The monoisotopic (exact) mass is 352 g/mol. The number of likely N-dealkylation sites (tertiary alicyclic amines) is 1. The second-order valence-electron chi connectivity index (χ2n) is 7.47. The summed E-state index contributed by atoms with van der Waals surface area (Å²) >= 11 is 0. The molecule has 2 aromatic rings. The van der Waals surface area contributed by atoms with Gasteiger partial charge < -0.3 is 14.8 Å². The molecule has 1 N–H and O–H groups in total. The van der Waals surface area contributed by atoms with E-state index in [-0.39, 0.29) is 12.3 Å². The molecular formula is C22H28N2O2. The van der Waals surface area contributed by atoms with E-state index in [2.05, 4.69) is 41.4 Å². The molecule has 0 radical (unpaired) electrons. The summed E-state index contributed by atoms with van der Waals surface area (Å²) in [4.78, 5) is 2.56. The maximum absolute atomic E-state index is 6.05. The summed E-state index contributed by atoms with van der Waals surface area (Å²) in [6, 6.07) is 17.0. The van der Waals surface area contributed by atoms with Crippen LogP contribution in [0.2, 0.25) is 0 Å². The first-order valence-electron chi connectivity index (χ1n) is 9.60. The predicted molar refractivity (Wildman–Crippen MR) is 104 cm³/mol. The second kappa shape index (κ2) is 7.68. The molecule has 2 aromatic carbocycles. The summed E-state index contributed by atoms with van der Waals surface area (Å²) < 4.78 is 12.1. The van der Waals surface area contributed by atoms with E-state index in [0.717, 1.165) is 44.0 Å². The Hall–Kier alpha value is -2.04. The first-order chi connectivity index (χ1) is 12.7. The number of nitrogens with one attached hydrogen (secondary N) is 1. The lowest BCUT2D eigenvalue weighted by atomic mass is 9.88. The molecule has 0 spiro atoms. The molecule has 2 heterocycles. The minimum atomic E-state index is -0.231.